The van der Waals surface area contributed by atoms with Crippen LogP contribution >= 0.6 is 0 Å². The molecule has 16 heteroatoms. The second-order valence-electron chi connectivity index (χ2n) is 16.7. The number of aryl methyl sites for hydroxylation is 1. The number of carbonyl (C=O) groups excluding carboxylic acids is 1. The van der Waals surface area contributed by atoms with Crippen molar-refractivity contribution in [3.63, 3.8) is 0 Å². The van der Waals surface area contributed by atoms with Crippen LogP contribution < -0.4 is 26.2 Å². The van der Waals surface area contributed by atoms with Crippen molar-refractivity contribution in [1.82, 2.24) is 43.8 Å². The average molecular weight is 851 g/mol. The number of nitrogen functional groups attached to an aromatic ring is 1. The minimum Gasteiger partial charge on any atom is -0.457 e. The molecule has 16 nitrogen and oxygen atoms in total. The molecular formula is C47H54N12O4. The molecule has 3 atom stereocenters. The third kappa shape index (κ3) is 8.67. The summed E-state index contributed by atoms with van der Waals surface area (Å²) < 4.78 is 11.4. The first kappa shape index (κ1) is 41.5. The zero-order valence-corrected chi connectivity index (χ0v) is 35.8. The van der Waals surface area contributed by atoms with Crippen LogP contribution in [0.5, 0.6) is 11.5 Å². The summed E-state index contributed by atoms with van der Waals surface area (Å²) in [4.78, 5) is 45.6. The smallest absolute Gasteiger partial charge is 0.250 e. The highest BCUT2D eigenvalue weighted by atomic mass is 16.5. The molecule has 2 fully saturated rings. The van der Waals surface area contributed by atoms with Crippen molar-refractivity contribution < 1.29 is 14.6 Å². The highest BCUT2D eigenvalue weighted by molar-refractivity contribution is 5.98. The number of rotatable bonds is 14. The van der Waals surface area contributed by atoms with Crippen LogP contribution in [0.2, 0.25) is 0 Å². The zero-order chi connectivity index (χ0) is 43.5. The number of hydrogen-bond donors (Lipinski definition) is 3. The molecule has 63 heavy (non-hydrogen) atoms. The van der Waals surface area contributed by atoms with E-state index in [1.165, 1.54) is 6.33 Å². The first-order valence-corrected chi connectivity index (χ1v) is 22.1. The lowest BCUT2D eigenvalue weighted by molar-refractivity contribution is -0.137. The largest absolute Gasteiger partial charge is 0.457 e. The first-order valence-electron chi connectivity index (χ1n) is 22.1. The van der Waals surface area contributed by atoms with Crippen LogP contribution in [0.1, 0.15) is 69.5 Å². The van der Waals surface area contributed by atoms with Crippen molar-refractivity contribution in [3.05, 3.63) is 113 Å². The number of fused-ring (bicyclic) bond motifs is 2. The van der Waals surface area contributed by atoms with Gasteiger partial charge in [0.05, 0.1) is 23.5 Å². The number of hydrogen-bond acceptors (Lipinski definition) is 12. The standard InChI is InChI=1S/C47H54N12O4/c1-3-33-26-52-59-39(24-40(53-45(33)59)57-22-8-7-10-35(57)20-23-60)49-25-32-14-19-41(61)56(28-32)27-31(2)47(62)55-21-9-11-36(29-55)58-46-42(44(48)50-30-51-46)43(54-58)34-15-17-38(18-16-34)63-37-12-5-4-6-13-37/h4-6,12-19,24,26,28,30-31,35-36,49,60H,3,7-11,20-23,25,27,29H2,1-2H3,(H2,48,50,51)/t31?,35-,36+/m0/s1. The number of para-hydroxylation sites is 1. The van der Waals surface area contributed by atoms with Crippen molar-refractivity contribution >= 4 is 40.0 Å². The molecule has 0 spiro atoms. The van der Waals surface area contributed by atoms with Crippen molar-refractivity contribution in [3.8, 4) is 22.8 Å². The normalized spacial score (nSPS) is 17.3. The molecule has 9 rings (SSSR count). The molecule has 5 aromatic heterocycles. The van der Waals surface area contributed by atoms with Crippen LogP contribution in [0.25, 0.3) is 27.9 Å². The highest BCUT2D eigenvalue weighted by Gasteiger charge is 2.31. The van der Waals surface area contributed by atoms with E-state index in [-0.39, 0.29) is 36.7 Å². The highest BCUT2D eigenvalue weighted by Crippen LogP contribution is 2.35. The van der Waals surface area contributed by atoms with Gasteiger partial charge in [0, 0.05) is 74.8 Å². The van der Waals surface area contributed by atoms with E-state index in [0.29, 0.717) is 54.3 Å². The molecule has 0 saturated carbocycles. The second-order valence-corrected chi connectivity index (χ2v) is 16.7. The Morgan fingerprint density at radius 1 is 0.984 bits per heavy atom. The lowest BCUT2D eigenvalue weighted by Crippen LogP contribution is -2.44. The summed E-state index contributed by atoms with van der Waals surface area (Å²) in [6.45, 7) is 6.72. The molecule has 4 N–H and O–H groups in total. The fourth-order valence-corrected chi connectivity index (χ4v) is 9.09. The van der Waals surface area contributed by atoms with Crippen LogP contribution in [0.3, 0.4) is 0 Å². The summed E-state index contributed by atoms with van der Waals surface area (Å²) in [5.74, 6) is 2.96. The predicted molar refractivity (Wildman–Crippen MR) is 243 cm³/mol. The minimum absolute atomic E-state index is 0.0238. The van der Waals surface area contributed by atoms with E-state index in [1.54, 1.807) is 10.6 Å². The third-order valence-corrected chi connectivity index (χ3v) is 12.4. The van der Waals surface area contributed by atoms with Crippen LogP contribution in [0.4, 0.5) is 17.5 Å². The number of carbonyl (C=O) groups is 1. The molecule has 7 heterocycles. The number of aliphatic hydroxyl groups excluding tert-OH is 1. The van der Waals surface area contributed by atoms with Crippen LogP contribution in [-0.4, -0.2) is 87.1 Å². The molecule has 0 bridgehead atoms. The number of aliphatic hydroxyl groups is 1. The number of benzene rings is 2. The lowest BCUT2D eigenvalue weighted by atomic mass is 9.99. The molecule has 2 aromatic carbocycles. The Bertz CT molecular complexity index is 2770. The Labute approximate surface area is 365 Å². The van der Waals surface area contributed by atoms with E-state index in [9.17, 15) is 14.7 Å². The van der Waals surface area contributed by atoms with Crippen molar-refractivity contribution in [2.75, 3.05) is 42.2 Å². The minimum atomic E-state index is -0.459. The number of aromatic nitrogens is 8. The number of amides is 1. The number of nitrogens with one attached hydrogen (secondary N) is 1. The van der Waals surface area contributed by atoms with E-state index < -0.39 is 5.92 Å². The number of piperidine rings is 2. The lowest BCUT2D eigenvalue weighted by Gasteiger charge is -2.36. The summed E-state index contributed by atoms with van der Waals surface area (Å²) >= 11 is 0. The summed E-state index contributed by atoms with van der Waals surface area (Å²) in [7, 11) is 0. The number of anilines is 3. The van der Waals surface area contributed by atoms with Gasteiger partial charge in [-0.15, -0.1) is 0 Å². The average Bonchev–Trinajstić information content (AvgIpc) is 3.93. The molecule has 1 unspecified atom stereocenters. The fraction of sp³-hybridized carbons (Fsp3) is 0.383. The summed E-state index contributed by atoms with van der Waals surface area (Å²) in [6, 6.07) is 22.8. The predicted octanol–water partition coefficient (Wildman–Crippen LogP) is 6.49. The number of likely N-dealkylation sites (tertiary alicyclic amines) is 1. The number of nitrogens with two attached hydrogens (primary N) is 1. The maximum Gasteiger partial charge on any atom is 0.250 e. The van der Waals surface area contributed by atoms with Gasteiger partial charge in [-0.1, -0.05) is 38.1 Å². The van der Waals surface area contributed by atoms with E-state index in [2.05, 4.69) is 32.2 Å². The summed E-state index contributed by atoms with van der Waals surface area (Å²) in [5, 5.41) is 23.8. The van der Waals surface area contributed by atoms with Gasteiger partial charge in [0.2, 0.25) is 5.91 Å². The maximum absolute atomic E-state index is 14.1. The van der Waals surface area contributed by atoms with E-state index in [1.807, 2.05) is 100 Å². The summed E-state index contributed by atoms with van der Waals surface area (Å²) in [5.41, 5.74) is 11.2. The molecule has 326 valence electrons. The molecule has 7 aromatic rings. The number of ether oxygens (including phenoxy) is 1. The Hall–Kier alpha value is -6.81. The molecule has 2 aliphatic rings. The van der Waals surface area contributed by atoms with Crippen LogP contribution in [0.15, 0.2) is 96.3 Å². The van der Waals surface area contributed by atoms with Crippen molar-refractivity contribution in [2.24, 2.45) is 5.92 Å². The molecule has 0 radical (unpaired) electrons. The van der Waals surface area contributed by atoms with Gasteiger partial charge >= 0.3 is 0 Å². The number of nitrogens with zero attached hydrogens (tertiary/aromatic N) is 10. The third-order valence-electron chi connectivity index (χ3n) is 12.4. The van der Waals surface area contributed by atoms with Gasteiger partial charge in [-0.3, -0.25) is 9.59 Å². The molecule has 2 aliphatic heterocycles. The SMILES string of the molecule is CCc1cnn2c(NCc3ccc(=O)n(CC(C)C(=O)N4CCC[C@@H](n5nc(-c6ccc(Oc7ccccc7)cc6)c6c(N)ncnc65)C4)c3)cc(N3CCCC[C@H]3CCO)nc12. The van der Waals surface area contributed by atoms with Crippen molar-refractivity contribution in [1.29, 1.82) is 0 Å². The molecule has 2 saturated heterocycles. The Morgan fingerprint density at radius 2 is 1.81 bits per heavy atom. The quantitative estimate of drug-likeness (QED) is 0.108. The monoisotopic (exact) mass is 850 g/mol. The molecular weight excluding hydrogens is 797 g/mol. The van der Waals surface area contributed by atoms with Gasteiger partial charge in [-0.2, -0.15) is 14.7 Å². The van der Waals surface area contributed by atoms with Gasteiger partial charge in [-0.05, 0) is 86.9 Å². The topological polar surface area (TPSA) is 187 Å². The van der Waals surface area contributed by atoms with E-state index in [0.717, 1.165) is 84.8 Å². The van der Waals surface area contributed by atoms with Gasteiger partial charge < -0.3 is 35.3 Å². The number of pyridine rings is 1. The molecule has 1 amide bonds. The summed E-state index contributed by atoms with van der Waals surface area (Å²) in [6.07, 6.45) is 11.5. The second kappa shape index (κ2) is 18.3. The Kier molecular flexibility index (Phi) is 12.0. The van der Waals surface area contributed by atoms with Gasteiger partial charge in [-0.25, -0.2) is 19.6 Å². The van der Waals surface area contributed by atoms with Gasteiger partial charge in [0.25, 0.3) is 5.56 Å². The first-order chi connectivity index (χ1) is 30.8. The Morgan fingerprint density at radius 3 is 2.62 bits per heavy atom. The van der Waals surface area contributed by atoms with E-state index >= 15 is 0 Å². The molecule has 0 aliphatic carbocycles. The Balaban J connectivity index is 0.893. The van der Waals surface area contributed by atoms with Crippen LogP contribution in [-0.2, 0) is 24.3 Å². The van der Waals surface area contributed by atoms with Gasteiger partial charge in [0.1, 0.15) is 41.0 Å². The van der Waals surface area contributed by atoms with Crippen LogP contribution in [0, 0.1) is 5.92 Å². The van der Waals surface area contributed by atoms with E-state index in [4.69, 9.17) is 20.6 Å². The zero-order valence-electron chi connectivity index (χ0n) is 35.8. The maximum atomic E-state index is 14.1. The van der Waals surface area contributed by atoms with Crippen molar-refractivity contribution in [2.45, 2.75) is 84.0 Å². The van der Waals surface area contributed by atoms with Gasteiger partial charge in [0.15, 0.2) is 11.3 Å². The fourth-order valence-electron chi connectivity index (χ4n) is 9.09.